The van der Waals surface area contributed by atoms with Crippen LogP contribution in [-0.2, 0) is 9.59 Å². The molecule has 66 valence electrons. The second kappa shape index (κ2) is 4.04. The summed E-state index contributed by atoms with van der Waals surface area (Å²) in [5.41, 5.74) is 0. The van der Waals surface area contributed by atoms with Crippen LogP contribution in [0.1, 0.15) is 25.7 Å². The van der Waals surface area contributed by atoms with E-state index in [1.54, 1.807) is 6.08 Å². The van der Waals surface area contributed by atoms with Crippen LogP contribution < -0.4 is 0 Å². The SMILES string of the molecule is O=C(O)/C=C/C1CCCC(=O)C1. The second-order valence-electron chi connectivity index (χ2n) is 3.09. The largest absolute Gasteiger partial charge is 0.478 e. The number of allylic oxidation sites excluding steroid dienone is 1. The average Bonchev–Trinajstić information content (AvgIpc) is 2.01. The van der Waals surface area contributed by atoms with E-state index >= 15 is 0 Å². The molecule has 1 N–H and O–H groups in total. The molecule has 12 heavy (non-hydrogen) atoms. The maximum Gasteiger partial charge on any atom is 0.327 e. The summed E-state index contributed by atoms with van der Waals surface area (Å²) in [4.78, 5) is 21.1. The van der Waals surface area contributed by atoms with E-state index in [0.29, 0.717) is 12.8 Å². The van der Waals surface area contributed by atoms with Crippen molar-refractivity contribution < 1.29 is 14.7 Å². The van der Waals surface area contributed by atoms with Crippen molar-refractivity contribution in [3.63, 3.8) is 0 Å². The van der Waals surface area contributed by atoms with Gasteiger partial charge in [-0.05, 0) is 18.8 Å². The predicted octanol–water partition coefficient (Wildman–Crippen LogP) is 1.39. The van der Waals surface area contributed by atoms with E-state index in [-0.39, 0.29) is 11.7 Å². The molecule has 1 rings (SSSR count). The summed E-state index contributed by atoms with van der Waals surface area (Å²) < 4.78 is 0. The standard InChI is InChI=1S/C9H12O3/c10-8-3-1-2-7(6-8)4-5-9(11)12/h4-5,7H,1-3,6H2,(H,11,12)/b5-4+. The molecule has 1 unspecified atom stereocenters. The molecule has 0 amide bonds. The molecule has 0 aliphatic heterocycles. The van der Waals surface area contributed by atoms with Crippen LogP contribution in [0.15, 0.2) is 12.2 Å². The van der Waals surface area contributed by atoms with Crippen LogP contribution in [0, 0.1) is 5.92 Å². The Hall–Kier alpha value is -1.12. The van der Waals surface area contributed by atoms with Crippen LogP contribution in [0.3, 0.4) is 0 Å². The zero-order chi connectivity index (χ0) is 8.97. The molecule has 1 aliphatic carbocycles. The number of carbonyl (C=O) groups is 2. The summed E-state index contributed by atoms with van der Waals surface area (Å²) in [6.07, 6.45) is 5.77. The first kappa shape index (κ1) is 8.97. The van der Waals surface area contributed by atoms with Crippen molar-refractivity contribution >= 4 is 11.8 Å². The van der Waals surface area contributed by atoms with E-state index in [9.17, 15) is 9.59 Å². The maximum absolute atomic E-state index is 10.9. The fraction of sp³-hybridized carbons (Fsp3) is 0.556. The Bertz CT molecular complexity index is 218. The summed E-state index contributed by atoms with van der Waals surface area (Å²) in [6, 6.07) is 0. The smallest absolute Gasteiger partial charge is 0.327 e. The maximum atomic E-state index is 10.9. The number of aliphatic carboxylic acids is 1. The summed E-state index contributed by atoms with van der Waals surface area (Å²) in [5, 5.41) is 8.34. The lowest BCUT2D eigenvalue weighted by molar-refractivity contribution is -0.131. The Kier molecular flexibility index (Phi) is 3.02. The molecule has 0 aromatic carbocycles. The number of ketones is 1. The summed E-state index contributed by atoms with van der Waals surface area (Å²) in [7, 11) is 0. The molecule has 3 nitrogen and oxygen atoms in total. The van der Waals surface area contributed by atoms with Gasteiger partial charge < -0.3 is 5.11 Å². The fourth-order valence-corrected chi connectivity index (χ4v) is 1.44. The minimum atomic E-state index is -0.937. The monoisotopic (exact) mass is 168 g/mol. The van der Waals surface area contributed by atoms with Gasteiger partial charge in [0.2, 0.25) is 0 Å². The van der Waals surface area contributed by atoms with Gasteiger partial charge in [-0.3, -0.25) is 4.79 Å². The first-order valence-corrected chi connectivity index (χ1v) is 4.11. The molecule has 0 heterocycles. The zero-order valence-electron chi connectivity index (χ0n) is 6.82. The van der Waals surface area contributed by atoms with Gasteiger partial charge in [0.05, 0.1) is 0 Å². The number of rotatable bonds is 2. The summed E-state index contributed by atoms with van der Waals surface area (Å²) in [5.74, 6) is -0.531. The van der Waals surface area contributed by atoms with E-state index < -0.39 is 5.97 Å². The van der Waals surface area contributed by atoms with Crippen molar-refractivity contribution in [3.8, 4) is 0 Å². The van der Waals surface area contributed by atoms with Crippen molar-refractivity contribution in [2.75, 3.05) is 0 Å². The zero-order valence-corrected chi connectivity index (χ0v) is 6.82. The van der Waals surface area contributed by atoms with E-state index in [1.165, 1.54) is 0 Å². The normalized spacial score (nSPS) is 24.7. The number of hydrogen-bond donors (Lipinski definition) is 1. The third-order valence-electron chi connectivity index (χ3n) is 2.03. The van der Waals surface area contributed by atoms with Crippen LogP contribution in [-0.4, -0.2) is 16.9 Å². The van der Waals surface area contributed by atoms with Gasteiger partial charge >= 0.3 is 5.97 Å². The van der Waals surface area contributed by atoms with Gasteiger partial charge in [-0.2, -0.15) is 0 Å². The van der Waals surface area contributed by atoms with E-state index in [4.69, 9.17) is 5.11 Å². The molecule has 1 fully saturated rings. The van der Waals surface area contributed by atoms with Crippen LogP contribution in [0.2, 0.25) is 0 Å². The van der Waals surface area contributed by atoms with Gasteiger partial charge in [0, 0.05) is 18.9 Å². The van der Waals surface area contributed by atoms with Crippen molar-refractivity contribution in [2.45, 2.75) is 25.7 Å². The molecule has 0 bridgehead atoms. The van der Waals surface area contributed by atoms with Crippen molar-refractivity contribution in [1.29, 1.82) is 0 Å². The average molecular weight is 168 g/mol. The Labute approximate surface area is 71.1 Å². The first-order chi connectivity index (χ1) is 5.68. The van der Waals surface area contributed by atoms with E-state index in [1.807, 2.05) is 0 Å². The van der Waals surface area contributed by atoms with Crippen LogP contribution in [0.5, 0.6) is 0 Å². The molecule has 1 aliphatic rings. The highest BCUT2D eigenvalue weighted by atomic mass is 16.4. The van der Waals surface area contributed by atoms with Gasteiger partial charge in [-0.1, -0.05) is 6.08 Å². The molecule has 1 atom stereocenters. The van der Waals surface area contributed by atoms with Gasteiger partial charge in [0.1, 0.15) is 5.78 Å². The molecule has 3 heteroatoms. The van der Waals surface area contributed by atoms with E-state index in [2.05, 4.69) is 0 Å². The molecule has 0 saturated heterocycles. The Morgan fingerprint density at radius 3 is 2.92 bits per heavy atom. The van der Waals surface area contributed by atoms with Crippen molar-refractivity contribution in [3.05, 3.63) is 12.2 Å². The highest BCUT2D eigenvalue weighted by molar-refractivity contribution is 5.81. The topological polar surface area (TPSA) is 54.4 Å². The lowest BCUT2D eigenvalue weighted by atomic mass is 9.88. The van der Waals surface area contributed by atoms with Gasteiger partial charge in [-0.15, -0.1) is 0 Å². The molecular formula is C9H12O3. The van der Waals surface area contributed by atoms with Gasteiger partial charge in [-0.25, -0.2) is 4.79 Å². The quantitative estimate of drug-likeness (QED) is 0.634. The molecule has 0 aromatic rings. The Morgan fingerprint density at radius 2 is 2.33 bits per heavy atom. The van der Waals surface area contributed by atoms with Gasteiger partial charge in [0.15, 0.2) is 0 Å². The highest BCUT2D eigenvalue weighted by Crippen LogP contribution is 2.21. The number of Topliss-reactive ketones (excluding diaryl/α,β-unsaturated/α-hetero) is 1. The third-order valence-corrected chi connectivity index (χ3v) is 2.03. The summed E-state index contributed by atoms with van der Waals surface area (Å²) >= 11 is 0. The minimum Gasteiger partial charge on any atom is -0.478 e. The molecule has 0 spiro atoms. The number of carboxylic acids is 1. The number of carbonyl (C=O) groups excluding carboxylic acids is 1. The Balaban J connectivity index is 2.41. The highest BCUT2D eigenvalue weighted by Gasteiger charge is 2.16. The first-order valence-electron chi connectivity index (χ1n) is 4.11. The number of hydrogen-bond acceptors (Lipinski definition) is 2. The molecular weight excluding hydrogens is 156 g/mol. The van der Waals surface area contributed by atoms with Crippen molar-refractivity contribution in [2.24, 2.45) is 5.92 Å². The molecule has 1 saturated carbocycles. The fourth-order valence-electron chi connectivity index (χ4n) is 1.44. The van der Waals surface area contributed by atoms with Crippen LogP contribution >= 0.6 is 0 Å². The third kappa shape index (κ3) is 2.86. The lowest BCUT2D eigenvalue weighted by Gasteiger charge is -2.16. The summed E-state index contributed by atoms with van der Waals surface area (Å²) in [6.45, 7) is 0. The minimum absolute atomic E-state index is 0.155. The second-order valence-corrected chi connectivity index (χ2v) is 3.09. The van der Waals surface area contributed by atoms with Gasteiger partial charge in [0.25, 0.3) is 0 Å². The molecule has 0 radical (unpaired) electrons. The Morgan fingerprint density at radius 1 is 1.58 bits per heavy atom. The lowest BCUT2D eigenvalue weighted by Crippen LogP contribution is -2.13. The van der Waals surface area contributed by atoms with E-state index in [0.717, 1.165) is 18.9 Å². The number of carboxylic acid groups (broad SMARTS) is 1. The predicted molar refractivity (Wildman–Crippen MR) is 43.7 cm³/mol. The van der Waals surface area contributed by atoms with Crippen LogP contribution in [0.25, 0.3) is 0 Å². The molecule has 0 aromatic heterocycles. The van der Waals surface area contributed by atoms with Crippen LogP contribution in [0.4, 0.5) is 0 Å². The van der Waals surface area contributed by atoms with Crippen molar-refractivity contribution in [1.82, 2.24) is 0 Å².